The van der Waals surface area contributed by atoms with Crippen molar-refractivity contribution in [2.45, 2.75) is 6.92 Å². The molecule has 0 bridgehead atoms. The summed E-state index contributed by atoms with van der Waals surface area (Å²) in [6, 6.07) is 30.2. The van der Waals surface area contributed by atoms with Gasteiger partial charge in [-0.05, 0) is 0 Å². The van der Waals surface area contributed by atoms with E-state index in [2.05, 4.69) is 36.4 Å². The summed E-state index contributed by atoms with van der Waals surface area (Å²) in [6.45, 7) is 1.48. The van der Waals surface area contributed by atoms with Crippen LogP contribution in [0.15, 0.2) is 91.0 Å². The standard InChI is InChI=1S/C20H19O2P.Au/c1-17(21)22-23(18-11-5-2-6-12-18,19-13-7-3-8-14-19)20-15-9-4-10-16-20;/h2-16,23H,1H3;. The minimum atomic E-state index is -2.84. The van der Waals surface area contributed by atoms with Gasteiger partial charge < -0.3 is 0 Å². The molecule has 0 aliphatic heterocycles. The van der Waals surface area contributed by atoms with Crippen molar-refractivity contribution in [1.82, 2.24) is 0 Å². The second-order valence-electron chi connectivity index (χ2n) is 5.37. The van der Waals surface area contributed by atoms with Crippen LogP contribution in [0.5, 0.6) is 0 Å². The molecule has 0 heterocycles. The summed E-state index contributed by atoms with van der Waals surface area (Å²) in [7, 11) is -2.84. The molecule has 2 nitrogen and oxygen atoms in total. The molecule has 24 heavy (non-hydrogen) atoms. The van der Waals surface area contributed by atoms with E-state index < -0.39 is 7.49 Å². The van der Waals surface area contributed by atoms with Crippen LogP contribution in [0.4, 0.5) is 0 Å². The quantitative estimate of drug-likeness (QED) is 0.391. The van der Waals surface area contributed by atoms with Crippen molar-refractivity contribution < 1.29 is 31.7 Å². The van der Waals surface area contributed by atoms with E-state index in [1.807, 2.05) is 54.6 Å². The van der Waals surface area contributed by atoms with Gasteiger partial charge in [-0.25, -0.2) is 0 Å². The molecule has 4 heteroatoms. The molecule has 0 amide bonds. The van der Waals surface area contributed by atoms with Gasteiger partial charge in [0, 0.05) is 22.4 Å². The molecule has 0 saturated carbocycles. The maximum atomic E-state index is 12.0. The molecule has 0 spiro atoms. The molecule has 3 aromatic rings. The third-order valence-electron chi connectivity index (χ3n) is 3.84. The number of rotatable bonds is 4. The fraction of sp³-hybridized carbons (Fsp3) is 0.0500. The molecule has 1 radical (unpaired) electrons. The number of benzene rings is 3. The summed E-state index contributed by atoms with van der Waals surface area (Å²) in [5, 5.41) is 3.19. The van der Waals surface area contributed by atoms with Crippen LogP contribution in [0.1, 0.15) is 6.92 Å². The van der Waals surface area contributed by atoms with Crippen LogP contribution in [0.25, 0.3) is 0 Å². The van der Waals surface area contributed by atoms with Crippen molar-refractivity contribution in [3.63, 3.8) is 0 Å². The number of hydrogen-bond acceptors (Lipinski definition) is 2. The van der Waals surface area contributed by atoms with Crippen LogP contribution in [0, 0.1) is 0 Å². The summed E-state index contributed by atoms with van der Waals surface area (Å²) in [5.41, 5.74) is 0. The zero-order valence-corrected chi connectivity index (χ0v) is 16.4. The average Bonchev–Trinajstić information content (AvgIpc) is 2.62. The maximum Gasteiger partial charge on any atom is 0 e. The third kappa shape index (κ3) is 3.68. The summed E-state index contributed by atoms with van der Waals surface area (Å²) < 4.78 is 6.10. The fourth-order valence-electron chi connectivity index (χ4n) is 2.91. The Kier molecular flexibility index (Phi) is 6.53. The van der Waals surface area contributed by atoms with Gasteiger partial charge in [0.05, 0.1) is 0 Å². The first kappa shape index (κ1) is 18.6. The van der Waals surface area contributed by atoms with Crippen LogP contribution in [0.2, 0.25) is 0 Å². The van der Waals surface area contributed by atoms with Crippen molar-refractivity contribution >= 4 is 29.4 Å². The average molecular weight is 519 g/mol. The Labute approximate surface area is 158 Å². The van der Waals surface area contributed by atoms with E-state index >= 15 is 0 Å². The normalized spacial score (nSPS) is 11.2. The molecule has 0 unspecified atom stereocenters. The molecule has 0 atom stereocenters. The largest absolute Gasteiger partial charge is 0 e. The van der Waals surface area contributed by atoms with Gasteiger partial charge in [-0.3, -0.25) is 0 Å². The van der Waals surface area contributed by atoms with Crippen molar-refractivity contribution in [2.24, 2.45) is 0 Å². The topological polar surface area (TPSA) is 26.3 Å². The maximum absolute atomic E-state index is 12.0. The van der Waals surface area contributed by atoms with Gasteiger partial charge in [-0.15, -0.1) is 0 Å². The number of hydrogen-bond donors (Lipinski definition) is 0. The SMILES string of the molecule is CC(=O)O[PH](c1ccccc1)(c1ccccc1)c1ccccc1.[Au]. The Balaban J connectivity index is 0.00000208. The summed E-state index contributed by atoms with van der Waals surface area (Å²) in [5.74, 6) is -0.256. The van der Waals surface area contributed by atoms with Crippen LogP contribution < -0.4 is 15.9 Å². The van der Waals surface area contributed by atoms with Gasteiger partial charge in [-0.2, -0.15) is 0 Å². The second-order valence-corrected chi connectivity index (χ2v) is 8.67. The molecule has 3 aromatic carbocycles. The summed E-state index contributed by atoms with van der Waals surface area (Å²) >= 11 is 0. The zero-order chi connectivity index (χ0) is 16.1. The van der Waals surface area contributed by atoms with Gasteiger partial charge in [-0.1, -0.05) is 0 Å². The second kappa shape index (κ2) is 8.41. The van der Waals surface area contributed by atoms with Crippen molar-refractivity contribution in [3.05, 3.63) is 91.0 Å². The molecule has 0 aliphatic carbocycles. The predicted octanol–water partition coefficient (Wildman–Crippen LogP) is 3.19. The van der Waals surface area contributed by atoms with Crippen LogP contribution >= 0.6 is 7.49 Å². The first-order chi connectivity index (χ1) is 11.2. The Morgan fingerprint density at radius 3 is 1.21 bits per heavy atom. The third-order valence-corrected chi connectivity index (χ3v) is 7.87. The summed E-state index contributed by atoms with van der Waals surface area (Å²) in [6.07, 6.45) is 0. The Morgan fingerprint density at radius 2 is 0.958 bits per heavy atom. The van der Waals surface area contributed by atoms with E-state index in [0.29, 0.717) is 0 Å². The van der Waals surface area contributed by atoms with Gasteiger partial charge >= 0.3 is 137 Å². The molecule has 0 aliphatic rings. The first-order valence-electron chi connectivity index (χ1n) is 7.59. The molecular weight excluding hydrogens is 500 g/mol. The van der Waals surface area contributed by atoms with E-state index in [1.54, 1.807) is 0 Å². The van der Waals surface area contributed by atoms with E-state index in [-0.39, 0.29) is 28.3 Å². The smallest absolute Gasteiger partial charge is 0 e. The molecule has 0 N–H and O–H groups in total. The predicted molar refractivity (Wildman–Crippen MR) is 98.3 cm³/mol. The van der Waals surface area contributed by atoms with Crippen molar-refractivity contribution in [3.8, 4) is 0 Å². The summed E-state index contributed by atoms with van der Waals surface area (Å²) in [4.78, 5) is 12.0. The molecule has 0 fully saturated rings. The van der Waals surface area contributed by atoms with E-state index in [0.717, 1.165) is 15.9 Å². The van der Waals surface area contributed by atoms with Crippen molar-refractivity contribution in [1.29, 1.82) is 0 Å². The van der Waals surface area contributed by atoms with Gasteiger partial charge in [0.2, 0.25) is 0 Å². The fourth-order valence-corrected chi connectivity index (χ4v) is 6.68. The molecule has 0 aromatic heterocycles. The Hall–Kier alpha value is -1.70. The van der Waals surface area contributed by atoms with E-state index in [9.17, 15) is 4.79 Å². The van der Waals surface area contributed by atoms with Gasteiger partial charge in [0.25, 0.3) is 0 Å². The minimum absolute atomic E-state index is 0. The Bertz CT molecular complexity index is 680. The zero-order valence-electron chi connectivity index (χ0n) is 13.3. The van der Waals surface area contributed by atoms with Crippen LogP contribution in [0.3, 0.4) is 0 Å². The molecule has 3 rings (SSSR count). The molecule has 0 saturated heterocycles. The van der Waals surface area contributed by atoms with Gasteiger partial charge in [0.1, 0.15) is 0 Å². The molecule has 127 valence electrons. The van der Waals surface area contributed by atoms with Crippen LogP contribution in [-0.2, 0) is 31.7 Å². The monoisotopic (exact) mass is 519 g/mol. The number of carbonyl (C=O) groups is 1. The van der Waals surface area contributed by atoms with E-state index in [4.69, 9.17) is 4.52 Å². The van der Waals surface area contributed by atoms with Gasteiger partial charge in [0.15, 0.2) is 0 Å². The Morgan fingerprint density at radius 1 is 0.667 bits per heavy atom. The van der Waals surface area contributed by atoms with E-state index in [1.165, 1.54) is 6.92 Å². The molecular formula is C20H19AuO2P. The minimum Gasteiger partial charge on any atom is 0 e. The van der Waals surface area contributed by atoms with Crippen LogP contribution in [-0.4, -0.2) is 5.97 Å². The number of carbonyl (C=O) groups excluding carboxylic acids is 1. The first-order valence-corrected chi connectivity index (χ1v) is 9.50. The van der Waals surface area contributed by atoms with Crippen molar-refractivity contribution in [2.75, 3.05) is 0 Å².